The number of amides is 2. The first-order valence-electron chi connectivity index (χ1n) is 7.49. The Hall–Kier alpha value is -3.36. The van der Waals surface area contributed by atoms with E-state index in [2.05, 4.69) is 20.6 Å². The van der Waals surface area contributed by atoms with Crippen LogP contribution >= 0.6 is 0 Å². The molecular formula is C16H20N6O3. The van der Waals surface area contributed by atoms with Crippen molar-refractivity contribution >= 4 is 29.3 Å². The number of nitrogens with two attached hydrogens (primary N) is 1. The molecule has 0 saturated heterocycles. The van der Waals surface area contributed by atoms with Crippen molar-refractivity contribution in [2.24, 2.45) is 5.73 Å². The Kier molecular flexibility index (Phi) is 5.38. The molecule has 1 aromatic carbocycles. The molecule has 0 fully saturated rings. The van der Waals surface area contributed by atoms with Crippen LogP contribution in [0.2, 0.25) is 0 Å². The van der Waals surface area contributed by atoms with E-state index in [0.29, 0.717) is 5.69 Å². The van der Waals surface area contributed by atoms with E-state index in [1.165, 1.54) is 4.90 Å². The number of H-pyrrole nitrogens is 1. The van der Waals surface area contributed by atoms with Crippen LogP contribution in [0.1, 0.15) is 15.9 Å². The summed E-state index contributed by atoms with van der Waals surface area (Å²) in [6, 6.07) is 7.33. The number of aromatic amines is 1. The zero-order valence-corrected chi connectivity index (χ0v) is 14.2. The smallest absolute Gasteiger partial charge is 0.267 e. The van der Waals surface area contributed by atoms with E-state index in [9.17, 15) is 14.4 Å². The second-order valence-corrected chi connectivity index (χ2v) is 5.64. The zero-order chi connectivity index (χ0) is 18.6. The van der Waals surface area contributed by atoms with Crippen LogP contribution in [0.5, 0.6) is 0 Å². The molecule has 5 N–H and O–H groups in total. The van der Waals surface area contributed by atoms with Gasteiger partial charge < -0.3 is 21.3 Å². The summed E-state index contributed by atoms with van der Waals surface area (Å²) in [5, 5.41) is 5.64. The van der Waals surface area contributed by atoms with Crippen LogP contribution in [0.3, 0.4) is 0 Å². The highest BCUT2D eigenvalue weighted by Gasteiger charge is 2.17. The number of carbonyl (C=O) groups is 2. The summed E-state index contributed by atoms with van der Waals surface area (Å²) in [6.45, 7) is 1.85. The molecule has 2 aromatic rings. The molecule has 0 saturated carbocycles. The molecule has 9 heteroatoms. The van der Waals surface area contributed by atoms with E-state index in [1.54, 1.807) is 20.2 Å². The lowest BCUT2D eigenvalue weighted by Gasteiger charge is -2.13. The van der Waals surface area contributed by atoms with Crippen molar-refractivity contribution in [2.75, 3.05) is 31.3 Å². The number of aryl methyl sites for hydroxylation is 1. The van der Waals surface area contributed by atoms with Gasteiger partial charge in [0, 0.05) is 19.8 Å². The largest absolute Gasteiger partial charge is 0.365 e. The fraction of sp³-hybridized carbons (Fsp3) is 0.250. The monoisotopic (exact) mass is 344 g/mol. The normalized spacial score (nSPS) is 10.2. The highest BCUT2D eigenvalue weighted by Crippen LogP contribution is 2.18. The van der Waals surface area contributed by atoms with Crippen LogP contribution < -0.4 is 21.9 Å². The van der Waals surface area contributed by atoms with Crippen LogP contribution in [0.4, 0.5) is 17.5 Å². The topological polar surface area (TPSA) is 133 Å². The van der Waals surface area contributed by atoms with Gasteiger partial charge in [0.1, 0.15) is 5.56 Å². The van der Waals surface area contributed by atoms with Crippen molar-refractivity contribution in [1.29, 1.82) is 0 Å². The molecule has 0 bridgehead atoms. The molecule has 0 spiro atoms. The minimum Gasteiger partial charge on any atom is -0.365 e. The standard InChI is InChI=1S/C16H20N6O3/c1-9-5-4-6-10(7-9)19-14-12(13(17)24)15(25)21-16(20-14)18-8-11(23)22(2)3/h4-7H,8H2,1-3H3,(H2,17,24)(H3,18,19,20,21,25). The lowest BCUT2D eigenvalue weighted by molar-refractivity contribution is -0.126. The number of carbonyl (C=O) groups excluding carboxylic acids is 2. The SMILES string of the molecule is Cc1cccc(Nc2nc(NCC(=O)N(C)C)[nH]c(=O)c2C(N)=O)c1. The predicted molar refractivity (Wildman–Crippen MR) is 95.0 cm³/mol. The summed E-state index contributed by atoms with van der Waals surface area (Å²) in [6.07, 6.45) is 0. The number of benzene rings is 1. The molecule has 0 aliphatic heterocycles. The zero-order valence-electron chi connectivity index (χ0n) is 14.2. The second-order valence-electron chi connectivity index (χ2n) is 5.64. The van der Waals surface area contributed by atoms with Crippen molar-refractivity contribution in [1.82, 2.24) is 14.9 Å². The summed E-state index contributed by atoms with van der Waals surface area (Å²) in [4.78, 5) is 43.4. The molecule has 2 rings (SSSR count). The van der Waals surface area contributed by atoms with Crippen LogP contribution in [-0.2, 0) is 4.79 Å². The Labute approximate surface area is 144 Å². The van der Waals surface area contributed by atoms with Gasteiger partial charge in [0.15, 0.2) is 5.82 Å². The Bertz CT molecular complexity index is 859. The number of rotatable bonds is 6. The van der Waals surface area contributed by atoms with Gasteiger partial charge in [-0.2, -0.15) is 4.98 Å². The van der Waals surface area contributed by atoms with Crippen molar-refractivity contribution < 1.29 is 9.59 Å². The Morgan fingerprint density at radius 2 is 2.04 bits per heavy atom. The Morgan fingerprint density at radius 3 is 2.64 bits per heavy atom. The fourth-order valence-electron chi connectivity index (χ4n) is 2.05. The summed E-state index contributed by atoms with van der Waals surface area (Å²) in [5.74, 6) is -1.03. The lowest BCUT2D eigenvalue weighted by atomic mass is 10.2. The van der Waals surface area contributed by atoms with Gasteiger partial charge >= 0.3 is 0 Å². The van der Waals surface area contributed by atoms with E-state index in [0.717, 1.165) is 5.56 Å². The molecule has 1 heterocycles. The van der Waals surface area contributed by atoms with E-state index in [1.807, 2.05) is 25.1 Å². The molecule has 0 unspecified atom stereocenters. The van der Waals surface area contributed by atoms with Gasteiger partial charge in [-0.25, -0.2) is 0 Å². The predicted octanol–water partition coefficient (Wildman–Crippen LogP) is 0.421. The van der Waals surface area contributed by atoms with E-state index >= 15 is 0 Å². The maximum Gasteiger partial charge on any atom is 0.267 e. The van der Waals surface area contributed by atoms with Crippen molar-refractivity contribution in [3.63, 3.8) is 0 Å². The first kappa shape index (κ1) is 18.0. The Morgan fingerprint density at radius 1 is 1.32 bits per heavy atom. The van der Waals surface area contributed by atoms with E-state index in [-0.39, 0.29) is 29.8 Å². The van der Waals surface area contributed by atoms with Gasteiger partial charge in [-0.15, -0.1) is 0 Å². The van der Waals surface area contributed by atoms with Gasteiger partial charge in [0.25, 0.3) is 11.5 Å². The van der Waals surface area contributed by atoms with Gasteiger partial charge in [-0.3, -0.25) is 19.4 Å². The van der Waals surface area contributed by atoms with Gasteiger partial charge in [-0.1, -0.05) is 12.1 Å². The van der Waals surface area contributed by atoms with Crippen molar-refractivity contribution in [2.45, 2.75) is 6.92 Å². The van der Waals surface area contributed by atoms with E-state index in [4.69, 9.17) is 5.73 Å². The number of aromatic nitrogens is 2. The molecule has 0 atom stereocenters. The van der Waals surface area contributed by atoms with Crippen LogP contribution in [0, 0.1) is 6.92 Å². The summed E-state index contributed by atoms with van der Waals surface area (Å²) >= 11 is 0. The molecule has 25 heavy (non-hydrogen) atoms. The summed E-state index contributed by atoms with van der Waals surface area (Å²) in [5.41, 5.74) is 5.95. The number of primary amides is 1. The molecular weight excluding hydrogens is 324 g/mol. The third-order valence-electron chi connectivity index (χ3n) is 3.35. The van der Waals surface area contributed by atoms with Crippen LogP contribution in [0.15, 0.2) is 29.1 Å². The number of likely N-dealkylation sites (N-methyl/N-ethyl adjacent to an activating group) is 1. The molecule has 132 valence electrons. The summed E-state index contributed by atoms with van der Waals surface area (Å²) < 4.78 is 0. The summed E-state index contributed by atoms with van der Waals surface area (Å²) in [7, 11) is 3.22. The van der Waals surface area contributed by atoms with Crippen molar-refractivity contribution in [3.8, 4) is 0 Å². The number of nitrogens with one attached hydrogen (secondary N) is 3. The van der Waals surface area contributed by atoms with Crippen molar-refractivity contribution in [3.05, 3.63) is 45.7 Å². The maximum atomic E-state index is 12.2. The average molecular weight is 344 g/mol. The highest BCUT2D eigenvalue weighted by atomic mass is 16.2. The molecule has 0 aliphatic carbocycles. The quantitative estimate of drug-likeness (QED) is 0.600. The number of hydrogen-bond donors (Lipinski definition) is 4. The van der Waals surface area contributed by atoms with Gasteiger partial charge in [0.2, 0.25) is 11.9 Å². The highest BCUT2D eigenvalue weighted by molar-refractivity contribution is 5.98. The number of anilines is 3. The first-order valence-corrected chi connectivity index (χ1v) is 7.49. The van der Waals surface area contributed by atoms with Gasteiger partial charge in [0.05, 0.1) is 6.54 Å². The third kappa shape index (κ3) is 4.56. The number of nitrogens with zero attached hydrogens (tertiary/aromatic N) is 2. The lowest BCUT2D eigenvalue weighted by Crippen LogP contribution is -2.31. The molecule has 2 amide bonds. The van der Waals surface area contributed by atoms with Crippen LogP contribution in [0.25, 0.3) is 0 Å². The third-order valence-corrected chi connectivity index (χ3v) is 3.35. The minimum absolute atomic E-state index is 0.0154. The number of hydrogen-bond acceptors (Lipinski definition) is 6. The maximum absolute atomic E-state index is 12.2. The fourth-order valence-corrected chi connectivity index (χ4v) is 2.05. The molecule has 0 aliphatic rings. The second kappa shape index (κ2) is 7.47. The van der Waals surface area contributed by atoms with E-state index < -0.39 is 11.5 Å². The van der Waals surface area contributed by atoms with Gasteiger partial charge in [-0.05, 0) is 24.6 Å². The molecule has 1 aromatic heterocycles. The molecule has 9 nitrogen and oxygen atoms in total. The average Bonchev–Trinajstić information content (AvgIpc) is 2.51. The Balaban J connectivity index is 2.36. The van der Waals surface area contributed by atoms with Crippen LogP contribution in [-0.4, -0.2) is 47.3 Å². The molecule has 0 radical (unpaired) electrons. The first-order chi connectivity index (χ1) is 11.8. The minimum atomic E-state index is -0.903.